The molecule has 0 atom stereocenters. The first-order valence-corrected chi connectivity index (χ1v) is 7.67. The molecular formula is C11H18ClN5O3S. The zero-order valence-corrected chi connectivity index (χ0v) is 12.9. The first-order valence-electron chi connectivity index (χ1n) is 6.16. The first kappa shape index (κ1) is 17.6. The van der Waals surface area contributed by atoms with E-state index in [1.54, 1.807) is 12.1 Å². The molecule has 1 aromatic rings. The van der Waals surface area contributed by atoms with Crippen molar-refractivity contribution in [2.45, 2.75) is 12.8 Å². The fourth-order valence-corrected chi connectivity index (χ4v) is 2.82. The highest BCUT2D eigenvalue weighted by molar-refractivity contribution is 7.86. The number of carbonyl (C=O) groups excluding carboxylic acids is 1. The van der Waals surface area contributed by atoms with Crippen molar-refractivity contribution in [1.29, 1.82) is 0 Å². The summed E-state index contributed by atoms with van der Waals surface area (Å²) >= 11 is 0. The predicted octanol–water partition coefficient (Wildman–Crippen LogP) is -0.0604. The van der Waals surface area contributed by atoms with E-state index in [1.165, 1.54) is 10.5 Å². The average molecular weight is 336 g/mol. The number of anilines is 2. The molecule has 1 aliphatic heterocycles. The van der Waals surface area contributed by atoms with Crippen LogP contribution in [0.5, 0.6) is 0 Å². The summed E-state index contributed by atoms with van der Waals surface area (Å²) in [5.74, 6) is 0.000605. The number of nitrogens with two attached hydrogens (primary N) is 2. The SMILES string of the molecule is Cl.Nc1ccc(NC(=O)C2CCN(S(N)(=O)=O)CC2)cn1. The number of rotatable bonds is 3. The van der Waals surface area contributed by atoms with Gasteiger partial charge in [-0.15, -0.1) is 12.4 Å². The van der Waals surface area contributed by atoms with Crippen molar-refractivity contribution >= 4 is 40.0 Å². The van der Waals surface area contributed by atoms with Gasteiger partial charge in [0, 0.05) is 19.0 Å². The maximum Gasteiger partial charge on any atom is 0.276 e. The number of hydrogen-bond acceptors (Lipinski definition) is 5. The lowest BCUT2D eigenvalue weighted by atomic mass is 9.97. The molecule has 0 saturated carbocycles. The standard InChI is InChI=1S/C11H17N5O3S.ClH/c12-10-2-1-9(7-14-10)15-11(17)8-3-5-16(6-4-8)20(13,18)19;/h1-2,7-8H,3-6H2,(H2,12,14)(H,15,17)(H2,13,18,19);1H. The molecule has 1 amide bonds. The monoisotopic (exact) mass is 335 g/mol. The minimum absolute atomic E-state index is 0. The first-order chi connectivity index (χ1) is 9.36. The summed E-state index contributed by atoms with van der Waals surface area (Å²) < 4.78 is 23.5. The van der Waals surface area contributed by atoms with E-state index in [9.17, 15) is 13.2 Å². The molecule has 0 radical (unpaired) electrons. The number of aromatic nitrogens is 1. The van der Waals surface area contributed by atoms with E-state index in [0.717, 1.165) is 0 Å². The van der Waals surface area contributed by atoms with Crippen LogP contribution in [0.25, 0.3) is 0 Å². The van der Waals surface area contributed by atoms with Crippen LogP contribution in [0.3, 0.4) is 0 Å². The van der Waals surface area contributed by atoms with Crippen LogP contribution >= 0.6 is 12.4 Å². The lowest BCUT2D eigenvalue weighted by molar-refractivity contribution is -0.120. The van der Waals surface area contributed by atoms with Gasteiger partial charge in [0.25, 0.3) is 10.2 Å². The van der Waals surface area contributed by atoms with Crippen molar-refractivity contribution in [2.24, 2.45) is 11.1 Å². The Labute approximate surface area is 129 Å². The molecule has 0 bridgehead atoms. The van der Waals surface area contributed by atoms with Crippen LogP contribution in [-0.2, 0) is 15.0 Å². The van der Waals surface area contributed by atoms with Gasteiger partial charge >= 0.3 is 0 Å². The molecule has 1 aliphatic rings. The van der Waals surface area contributed by atoms with E-state index in [0.29, 0.717) is 24.3 Å². The Morgan fingerprint density at radius 2 is 1.95 bits per heavy atom. The van der Waals surface area contributed by atoms with Gasteiger partial charge in [0.2, 0.25) is 5.91 Å². The zero-order valence-electron chi connectivity index (χ0n) is 11.2. The Kier molecular flexibility index (Phi) is 5.90. The molecule has 21 heavy (non-hydrogen) atoms. The third-order valence-corrected chi connectivity index (χ3v) is 4.32. The van der Waals surface area contributed by atoms with E-state index < -0.39 is 10.2 Å². The van der Waals surface area contributed by atoms with Crippen molar-refractivity contribution in [1.82, 2.24) is 9.29 Å². The van der Waals surface area contributed by atoms with Crippen LogP contribution < -0.4 is 16.2 Å². The van der Waals surface area contributed by atoms with Gasteiger partial charge < -0.3 is 11.1 Å². The van der Waals surface area contributed by atoms with Crippen molar-refractivity contribution in [3.05, 3.63) is 18.3 Å². The summed E-state index contributed by atoms with van der Waals surface area (Å²) in [7, 11) is -3.66. The second kappa shape index (κ2) is 7.03. The third-order valence-electron chi connectivity index (χ3n) is 3.24. The van der Waals surface area contributed by atoms with Crippen LogP contribution in [0, 0.1) is 5.92 Å². The van der Waals surface area contributed by atoms with Crippen LogP contribution in [0.2, 0.25) is 0 Å². The Morgan fingerprint density at radius 3 is 2.43 bits per heavy atom. The van der Waals surface area contributed by atoms with E-state index in [-0.39, 0.29) is 37.3 Å². The van der Waals surface area contributed by atoms with Gasteiger partial charge in [0.05, 0.1) is 11.9 Å². The molecule has 0 aliphatic carbocycles. The van der Waals surface area contributed by atoms with Crippen molar-refractivity contribution < 1.29 is 13.2 Å². The summed E-state index contributed by atoms with van der Waals surface area (Å²) in [6.07, 6.45) is 2.38. The van der Waals surface area contributed by atoms with Gasteiger partial charge in [-0.1, -0.05) is 0 Å². The molecule has 0 aromatic carbocycles. The summed E-state index contributed by atoms with van der Waals surface area (Å²) in [5.41, 5.74) is 6.03. The summed E-state index contributed by atoms with van der Waals surface area (Å²) in [6, 6.07) is 3.26. The van der Waals surface area contributed by atoms with Gasteiger partial charge in [-0.2, -0.15) is 12.7 Å². The zero-order chi connectivity index (χ0) is 14.8. The Morgan fingerprint density at radius 1 is 1.33 bits per heavy atom. The van der Waals surface area contributed by atoms with Gasteiger partial charge in [-0.3, -0.25) is 4.79 Å². The number of pyridine rings is 1. The van der Waals surface area contributed by atoms with Crippen LogP contribution in [0.4, 0.5) is 11.5 Å². The number of piperidine rings is 1. The van der Waals surface area contributed by atoms with E-state index >= 15 is 0 Å². The smallest absolute Gasteiger partial charge is 0.276 e. The third kappa shape index (κ3) is 4.81. The van der Waals surface area contributed by atoms with Crippen molar-refractivity contribution in [3.8, 4) is 0 Å². The van der Waals surface area contributed by atoms with Gasteiger partial charge in [0.1, 0.15) is 5.82 Å². The Hall–Kier alpha value is -1.42. The molecule has 1 aromatic heterocycles. The molecule has 2 heterocycles. The average Bonchev–Trinajstić information content (AvgIpc) is 2.40. The quantitative estimate of drug-likeness (QED) is 0.712. The normalized spacial score (nSPS) is 17.0. The van der Waals surface area contributed by atoms with Crippen molar-refractivity contribution in [3.63, 3.8) is 0 Å². The van der Waals surface area contributed by atoms with Crippen LogP contribution in [0.1, 0.15) is 12.8 Å². The number of carbonyl (C=O) groups is 1. The molecule has 2 rings (SSSR count). The second-order valence-electron chi connectivity index (χ2n) is 4.68. The Balaban J connectivity index is 0.00000220. The number of nitrogen functional groups attached to an aromatic ring is 1. The lowest BCUT2D eigenvalue weighted by Gasteiger charge is -2.28. The molecule has 10 heteroatoms. The maximum absolute atomic E-state index is 12.0. The largest absolute Gasteiger partial charge is 0.384 e. The lowest BCUT2D eigenvalue weighted by Crippen LogP contribution is -2.44. The highest BCUT2D eigenvalue weighted by Gasteiger charge is 2.29. The van der Waals surface area contributed by atoms with E-state index in [2.05, 4.69) is 10.3 Å². The molecular weight excluding hydrogens is 318 g/mol. The number of nitrogens with one attached hydrogen (secondary N) is 1. The predicted molar refractivity (Wildman–Crippen MR) is 81.9 cm³/mol. The van der Waals surface area contributed by atoms with E-state index in [4.69, 9.17) is 10.9 Å². The second-order valence-corrected chi connectivity index (χ2v) is 6.23. The fraction of sp³-hybridized carbons (Fsp3) is 0.455. The minimum atomic E-state index is -3.66. The number of amides is 1. The number of hydrogen-bond donors (Lipinski definition) is 3. The van der Waals surface area contributed by atoms with Gasteiger partial charge in [-0.25, -0.2) is 10.1 Å². The highest BCUT2D eigenvalue weighted by Crippen LogP contribution is 2.20. The molecule has 0 unspecified atom stereocenters. The van der Waals surface area contributed by atoms with Crippen LogP contribution in [0.15, 0.2) is 18.3 Å². The molecule has 5 N–H and O–H groups in total. The summed E-state index contributed by atoms with van der Waals surface area (Å²) in [5, 5.41) is 7.78. The van der Waals surface area contributed by atoms with E-state index in [1.807, 2.05) is 0 Å². The Bertz CT molecular complexity index is 584. The van der Waals surface area contributed by atoms with Gasteiger partial charge in [-0.05, 0) is 25.0 Å². The molecule has 118 valence electrons. The number of halogens is 1. The molecule has 1 saturated heterocycles. The number of nitrogens with zero attached hydrogens (tertiary/aromatic N) is 2. The molecule has 1 fully saturated rings. The molecule has 8 nitrogen and oxygen atoms in total. The van der Waals surface area contributed by atoms with Gasteiger partial charge in [0.15, 0.2) is 0 Å². The van der Waals surface area contributed by atoms with Crippen LogP contribution in [-0.4, -0.2) is 36.7 Å². The molecule has 0 spiro atoms. The summed E-state index contributed by atoms with van der Waals surface area (Å²) in [4.78, 5) is 15.9. The van der Waals surface area contributed by atoms with Crippen molar-refractivity contribution in [2.75, 3.05) is 24.1 Å². The minimum Gasteiger partial charge on any atom is -0.384 e. The topological polar surface area (TPSA) is 131 Å². The summed E-state index contributed by atoms with van der Waals surface area (Å²) in [6.45, 7) is 0.522. The fourth-order valence-electron chi connectivity index (χ4n) is 2.10. The maximum atomic E-state index is 12.0. The highest BCUT2D eigenvalue weighted by atomic mass is 35.5.